The minimum atomic E-state index is -0.307. The SMILES string of the molecule is Cc1ccc(NC(=O)NCCOc2ccc(F)cc2)c(C)c1. The van der Waals surface area contributed by atoms with E-state index in [-0.39, 0.29) is 11.8 Å². The van der Waals surface area contributed by atoms with E-state index in [2.05, 4.69) is 10.6 Å². The van der Waals surface area contributed by atoms with Crippen LogP contribution in [0.2, 0.25) is 0 Å². The summed E-state index contributed by atoms with van der Waals surface area (Å²) in [5, 5.41) is 5.49. The van der Waals surface area contributed by atoms with E-state index in [1.54, 1.807) is 12.1 Å². The molecule has 0 aromatic heterocycles. The summed E-state index contributed by atoms with van der Waals surface area (Å²) in [6.45, 7) is 4.62. The zero-order chi connectivity index (χ0) is 15.9. The van der Waals surface area contributed by atoms with Crippen LogP contribution in [0.15, 0.2) is 42.5 Å². The number of aryl methyl sites for hydroxylation is 2. The van der Waals surface area contributed by atoms with Gasteiger partial charge in [0.15, 0.2) is 0 Å². The molecule has 2 amide bonds. The fourth-order valence-electron chi connectivity index (χ4n) is 1.98. The molecule has 2 rings (SSSR count). The van der Waals surface area contributed by atoms with Crippen LogP contribution >= 0.6 is 0 Å². The molecule has 0 atom stereocenters. The molecule has 0 heterocycles. The van der Waals surface area contributed by atoms with E-state index >= 15 is 0 Å². The molecule has 0 radical (unpaired) electrons. The molecular formula is C17H19FN2O2. The molecule has 0 bridgehead atoms. The highest BCUT2D eigenvalue weighted by Gasteiger charge is 2.04. The lowest BCUT2D eigenvalue weighted by Crippen LogP contribution is -2.32. The molecule has 0 unspecified atom stereocenters. The lowest BCUT2D eigenvalue weighted by Gasteiger charge is -2.11. The van der Waals surface area contributed by atoms with E-state index < -0.39 is 0 Å². The van der Waals surface area contributed by atoms with E-state index in [1.807, 2.05) is 32.0 Å². The van der Waals surface area contributed by atoms with Gasteiger partial charge in [-0.05, 0) is 49.7 Å². The molecule has 116 valence electrons. The van der Waals surface area contributed by atoms with Crippen LogP contribution in [0.1, 0.15) is 11.1 Å². The highest BCUT2D eigenvalue weighted by molar-refractivity contribution is 5.90. The number of anilines is 1. The number of carbonyl (C=O) groups excluding carboxylic acids is 1. The number of nitrogens with one attached hydrogen (secondary N) is 2. The number of hydrogen-bond acceptors (Lipinski definition) is 2. The monoisotopic (exact) mass is 302 g/mol. The summed E-state index contributed by atoms with van der Waals surface area (Å²) in [6.07, 6.45) is 0. The molecule has 0 saturated heterocycles. The molecule has 4 nitrogen and oxygen atoms in total. The average Bonchev–Trinajstić information content (AvgIpc) is 2.48. The third kappa shape index (κ3) is 4.77. The molecule has 0 saturated carbocycles. The molecule has 0 aliphatic rings. The lowest BCUT2D eigenvalue weighted by atomic mass is 10.1. The zero-order valence-electron chi connectivity index (χ0n) is 12.7. The predicted octanol–water partition coefficient (Wildman–Crippen LogP) is 3.64. The van der Waals surface area contributed by atoms with Crippen molar-refractivity contribution in [1.29, 1.82) is 0 Å². The molecule has 0 aliphatic carbocycles. The molecular weight excluding hydrogens is 283 g/mol. The molecule has 0 fully saturated rings. The Bertz CT molecular complexity index is 642. The molecule has 2 aromatic rings. The van der Waals surface area contributed by atoms with Crippen LogP contribution in [-0.4, -0.2) is 19.2 Å². The minimum absolute atomic E-state index is 0.283. The molecule has 2 N–H and O–H groups in total. The minimum Gasteiger partial charge on any atom is -0.492 e. The molecule has 22 heavy (non-hydrogen) atoms. The Kier molecular flexibility index (Phi) is 5.36. The van der Waals surface area contributed by atoms with Gasteiger partial charge in [0.1, 0.15) is 18.2 Å². The second-order valence-electron chi connectivity index (χ2n) is 5.00. The number of carbonyl (C=O) groups is 1. The van der Waals surface area contributed by atoms with Crippen LogP contribution in [0, 0.1) is 19.7 Å². The van der Waals surface area contributed by atoms with Crippen molar-refractivity contribution in [3.05, 3.63) is 59.4 Å². The molecule has 0 spiro atoms. The molecule has 0 aliphatic heterocycles. The van der Waals surface area contributed by atoms with Gasteiger partial charge in [-0.2, -0.15) is 0 Å². The van der Waals surface area contributed by atoms with Crippen LogP contribution in [-0.2, 0) is 0 Å². The topological polar surface area (TPSA) is 50.4 Å². The third-order valence-electron chi connectivity index (χ3n) is 3.10. The van der Waals surface area contributed by atoms with Gasteiger partial charge in [-0.15, -0.1) is 0 Å². The Balaban J connectivity index is 1.72. The van der Waals surface area contributed by atoms with Crippen molar-refractivity contribution in [2.45, 2.75) is 13.8 Å². The maximum Gasteiger partial charge on any atom is 0.319 e. The van der Waals surface area contributed by atoms with E-state index in [1.165, 1.54) is 12.1 Å². The Labute approximate surface area is 129 Å². The average molecular weight is 302 g/mol. The van der Waals surface area contributed by atoms with Crippen molar-refractivity contribution in [2.24, 2.45) is 0 Å². The standard InChI is InChI=1S/C17H19FN2O2/c1-12-3-8-16(13(2)11-12)20-17(21)19-9-10-22-15-6-4-14(18)5-7-15/h3-8,11H,9-10H2,1-2H3,(H2,19,20,21). The normalized spacial score (nSPS) is 10.1. The first-order valence-corrected chi connectivity index (χ1v) is 7.05. The van der Waals surface area contributed by atoms with Crippen LogP contribution in [0.5, 0.6) is 5.75 Å². The summed E-state index contributed by atoms with van der Waals surface area (Å²) in [5.74, 6) is 0.260. The number of benzene rings is 2. The Morgan fingerprint density at radius 1 is 1.14 bits per heavy atom. The van der Waals surface area contributed by atoms with Crippen molar-refractivity contribution in [3.8, 4) is 5.75 Å². The first-order chi connectivity index (χ1) is 10.5. The van der Waals surface area contributed by atoms with Gasteiger partial charge in [-0.1, -0.05) is 17.7 Å². The Morgan fingerprint density at radius 3 is 2.55 bits per heavy atom. The maximum absolute atomic E-state index is 12.7. The highest BCUT2D eigenvalue weighted by atomic mass is 19.1. The fraction of sp³-hybridized carbons (Fsp3) is 0.235. The Hall–Kier alpha value is -2.56. The number of amides is 2. The van der Waals surface area contributed by atoms with Crippen LogP contribution < -0.4 is 15.4 Å². The number of hydrogen-bond donors (Lipinski definition) is 2. The van der Waals surface area contributed by atoms with E-state index in [9.17, 15) is 9.18 Å². The van der Waals surface area contributed by atoms with Crippen LogP contribution in [0.4, 0.5) is 14.9 Å². The predicted molar refractivity (Wildman–Crippen MR) is 84.8 cm³/mol. The van der Waals surface area contributed by atoms with Gasteiger partial charge in [-0.25, -0.2) is 9.18 Å². The highest BCUT2D eigenvalue weighted by Crippen LogP contribution is 2.15. The van der Waals surface area contributed by atoms with Crippen LogP contribution in [0.25, 0.3) is 0 Å². The van der Waals surface area contributed by atoms with E-state index in [0.717, 1.165) is 16.8 Å². The van der Waals surface area contributed by atoms with Gasteiger partial charge in [0.2, 0.25) is 0 Å². The van der Waals surface area contributed by atoms with Crippen molar-refractivity contribution >= 4 is 11.7 Å². The number of ether oxygens (including phenoxy) is 1. The first-order valence-electron chi connectivity index (χ1n) is 7.05. The number of halogens is 1. The van der Waals surface area contributed by atoms with Gasteiger partial charge in [0.25, 0.3) is 0 Å². The summed E-state index contributed by atoms with van der Waals surface area (Å²) >= 11 is 0. The summed E-state index contributed by atoms with van der Waals surface area (Å²) < 4.78 is 18.1. The van der Waals surface area contributed by atoms with E-state index in [4.69, 9.17) is 4.74 Å². The summed E-state index contributed by atoms with van der Waals surface area (Å²) in [7, 11) is 0. The van der Waals surface area contributed by atoms with Gasteiger partial charge < -0.3 is 15.4 Å². The summed E-state index contributed by atoms with van der Waals surface area (Å²) in [4.78, 5) is 11.8. The van der Waals surface area contributed by atoms with Crippen LogP contribution in [0.3, 0.4) is 0 Å². The number of rotatable bonds is 5. The molecule has 5 heteroatoms. The molecule has 2 aromatic carbocycles. The zero-order valence-corrected chi connectivity index (χ0v) is 12.7. The van der Waals surface area contributed by atoms with Gasteiger partial charge >= 0.3 is 6.03 Å². The lowest BCUT2D eigenvalue weighted by molar-refractivity contribution is 0.247. The van der Waals surface area contributed by atoms with Crippen molar-refractivity contribution < 1.29 is 13.9 Å². The van der Waals surface area contributed by atoms with Gasteiger partial charge in [-0.3, -0.25) is 0 Å². The van der Waals surface area contributed by atoms with E-state index in [0.29, 0.717) is 18.9 Å². The third-order valence-corrected chi connectivity index (χ3v) is 3.10. The van der Waals surface area contributed by atoms with Gasteiger partial charge in [0.05, 0.1) is 6.54 Å². The van der Waals surface area contributed by atoms with Gasteiger partial charge in [0, 0.05) is 5.69 Å². The second-order valence-corrected chi connectivity index (χ2v) is 5.00. The maximum atomic E-state index is 12.7. The first kappa shape index (κ1) is 15.8. The van der Waals surface area contributed by atoms with Crippen molar-refractivity contribution in [2.75, 3.05) is 18.5 Å². The smallest absolute Gasteiger partial charge is 0.319 e. The Morgan fingerprint density at radius 2 is 1.86 bits per heavy atom. The summed E-state index contributed by atoms with van der Waals surface area (Å²) in [5.41, 5.74) is 2.94. The number of urea groups is 1. The second kappa shape index (κ2) is 7.45. The largest absolute Gasteiger partial charge is 0.492 e. The van der Waals surface area contributed by atoms with Crippen molar-refractivity contribution in [1.82, 2.24) is 5.32 Å². The quantitative estimate of drug-likeness (QED) is 0.828. The fourth-order valence-corrected chi connectivity index (χ4v) is 1.98. The van der Waals surface area contributed by atoms with Crippen molar-refractivity contribution in [3.63, 3.8) is 0 Å². The summed E-state index contributed by atoms with van der Waals surface area (Å²) in [6, 6.07) is 11.3.